The largest absolute Gasteiger partial charge is 0.378 e. The van der Waals surface area contributed by atoms with Gasteiger partial charge in [0, 0.05) is 31.2 Å². The van der Waals surface area contributed by atoms with Crippen LogP contribution in [-0.2, 0) is 14.3 Å². The van der Waals surface area contributed by atoms with Crippen molar-refractivity contribution in [1.82, 2.24) is 4.90 Å². The highest BCUT2D eigenvalue weighted by Crippen LogP contribution is 2.29. The number of nitrogens with one attached hydrogen (secondary N) is 1. The highest BCUT2D eigenvalue weighted by molar-refractivity contribution is 6.31. The molecule has 0 spiro atoms. The predicted octanol–water partition coefficient (Wildman–Crippen LogP) is 1.45. The Morgan fingerprint density at radius 2 is 1.74 bits per heavy atom. The van der Waals surface area contributed by atoms with E-state index in [1.807, 2.05) is 23.1 Å². The van der Waals surface area contributed by atoms with Gasteiger partial charge in [0.2, 0.25) is 5.91 Å². The number of nitrogens with zero attached hydrogens (tertiary/aromatic N) is 2. The fourth-order valence-electron chi connectivity index (χ4n) is 2.83. The summed E-state index contributed by atoms with van der Waals surface area (Å²) < 4.78 is 10.7. The van der Waals surface area contributed by atoms with Crippen molar-refractivity contribution < 1.29 is 14.3 Å². The van der Waals surface area contributed by atoms with Crippen LogP contribution in [0.5, 0.6) is 0 Å². The first-order valence-electron chi connectivity index (χ1n) is 7.96. The Morgan fingerprint density at radius 1 is 1.09 bits per heavy atom. The molecule has 23 heavy (non-hydrogen) atoms. The van der Waals surface area contributed by atoms with Crippen LogP contribution in [0.2, 0.25) is 5.02 Å². The van der Waals surface area contributed by atoms with Gasteiger partial charge in [-0.05, 0) is 18.2 Å². The molecule has 1 aromatic carbocycles. The Kier molecular flexibility index (Phi) is 5.59. The van der Waals surface area contributed by atoms with E-state index in [1.165, 1.54) is 0 Å². The molecule has 1 N–H and O–H groups in total. The zero-order chi connectivity index (χ0) is 16.1. The summed E-state index contributed by atoms with van der Waals surface area (Å²) in [6, 6.07) is 5.75. The summed E-state index contributed by atoms with van der Waals surface area (Å²) in [5.74, 6) is 0.0844. The van der Waals surface area contributed by atoms with Crippen LogP contribution >= 0.6 is 11.6 Å². The quantitative estimate of drug-likeness (QED) is 0.899. The number of carbonyl (C=O) groups excluding carboxylic acids is 1. The van der Waals surface area contributed by atoms with Crippen molar-refractivity contribution in [3.63, 3.8) is 0 Å². The third-order valence-corrected chi connectivity index (χ3v) is 4.34. The number of hydrogen-bond donors (Lipinski definition) is 1. The summed E-state index contributed by atoms with van der Waals surface area (Å²) >= 11 is 6.12. The zero-order valence-electron chi connectivity index (χ0n) is 13.1. The zero-order valence-corrected chi connectivity index (χ0v) is 13.8. The molecular formula is C16H22ClN3O3. The van der Waals surface area contributed by atoms with E-state index < -0.39 is 0 Å². The van der Waals surface area contributed by atoms with E-state index in [0.717, 1.165) is 37.7 Å². The van der Waals surface area contributed by atoms with Crippen LogP contribution in [0.25, 0.3) is 0 Å². The van der Waals surface area contributed by atoms with E-state index in [4.69, 9.17) is 21.1 Å². The highest BCUT2D eigenvalue weighted by Gasteiger charge is 2.19. The van der Waals surface area contributed by atoms with Crippen LogP contribution in [0.1, 0.15) is 0 Å². The van der Waals surface area contributed by atoms with E-state index in [9.17, 15) is 4.79 Å². The third kappa shape index (κ3) is 4.28. The number of benzene rings is 1. The number of ether oxygens (including phenoxy) is 2. The molecule has 0 radical (unpaired) electrons. The molecule has 2 fully saturated rings. The molecule has 7 heteroatoms. The van der Waals surface area contributed by atoms with E-state index in [2.05, 4.69) is 10.2 Å². The molecule has 0 aliphatic carbocycles. The van der Waals surface area contributed by atoms with Crippen LogP contribution < -0.4 is 10.2 Å². The number of rotatable bonds is 4. The van der Waals surface area contributed by atoms with Crippen molar-refractivity contribution in [1.29, 1.82) is 0 Å². The van der Waals surface area contributed by atoms with E-state index in [-0.39, 0.29) is 12.5 Å². The molecule has 0 bridgehead atoms. The van der Waals surface area contributed by atoms with Crippen molar-refractivity contribution in [2.45, 2.75) is 0 Å². The Hall–Kier alpha value is -1.50. The van der Waals surface area contributed by atoms with Crippen LogP contribution in [0.4, 0.5) is 11.4 Å². The highest BCUT2D eigenvalue weighted by atomic mass is 35.5. The van der Waals surface area contributed by atoms with E-state index in [0.29, 0.717) is 31.3 Å². The molecule has 2 aliphatic rings. The predicted molar refractivity (Wildman–Crippen MR) is 90.4 cm³/mol. The lowest BCUT2D eigenvalue weighted by Crippen LogP contribution is -2.43. The number of halogens is 1. The van der Waals surface area contributed by atoms with Gasteiger partial charge in [0.05, 0.1) is 44.3 Å². The van der Waals surface area contributed by atoms with Gasteiger partial charge < -0.3 is 24.6 Å². The molecule has 3 rings (SSSR count). The molecule has 2 heterocycles. The van der Waals surface area contributed by atoms with Crippen LogP contribution in [0.15, 0.2) is 18.2 Å². The minimum atomic E-state index is 0.0844. The minimum Gasteiger partial charge on any atom is -0.378 e. The molecule has 0 unspecified atom stereocenters. The maximum atomic E-state index is 12.3. The van der Waals surface area contributed by atoms with Crippen LogP contribution in [-0.4, -0.2) is 70.0 Å². The normalized spacial score (nSPS) is 18.8. The first-order chi connectivity index (χ1) is 11.2. The molecule has 0 aromatic heterocycles. The monoisotopic (exact) mass is 339 g/mol. The number of hydrogen-bond acceptors (Lipinski definition) is 5. The molecule has 2 saturated heterocycles. The van der Waals surface area contributed by atoms with Crippen molar-refractivity contribution >= 4 is 28.9 Å². The molecule has 2 aliphatic heterocycles. The second-order valence-corrected chi connectivity index (χ2v) is 6.04. The summed E-state index contributed by atoms with van der Waals surface area (Å²) in [6.07, 6.45) is 0. The summed E-state index contributed by atoms with van der Waals surface area (Å²) in [5, 5.41) is 3.91. The summed E-state index contributed by atoms with van der Waals surface area (Å²) in [5.41, 5.74) is 1.95. The second-order valence-electron chi connectivity index (χ2n) is 5.61. The maximum absolute atomic E-state index is 12.3. The van der Waals surface area contributed by atoms with Gasteiger partial charge in [-0.25, -0.2) is 0 Å². The van der Waals surface area contributed by atoms with Gasteiger partial charge in [0.1, 0.15) is 0 Å². The fourth-order valence-corrected chi connectivity index (χ4v) is 3.00. The van der Waals surface area contributed by atoms with Gasteiger partial charge in [-0.1, -0.05) is 11.6 Å². The molecule has 6 nitrogen and oxygen atoms in total. The maximum Gasteiger partial charge on any atom is 0.242 e. The Balaban J connectivity index is 1.66. The van der Waals surface area contributed by atoms with Crippen molar-refractivity contribution in [2.75, 3.05) is 69.4 Å². The fraction of sp³-hybridized carbons (Fsp3) is 0.562. The lowest BCUT2D eigenvalue weighted by Gasteiger charge is -2.31. The van der Waals surface area contributed by atoms with Crippen molar-refractivity contribution in [3.8, 4) is 0 Å². The standard InChI is InChI=1S/C16H22ClN3O3/c17-13-1-2-15(19-3-7-22-8-4-19)14(11-13)18-12-16(21)20-5-9-23-10-6-20/h1-2,11,18H,3-10,12H2. The first kappa shape index (κ1) is 16.4. The molecule has 1 aromatic rings. The average molecular weight is 340 g/mol. The summed E-state index contributed by atoms with van der Waals surface area (Å²) in [4.78, 5) is 16.4. The van der Waals surface area contributed by atoms with Gasteiger partial charge in [0.25, 0.3) is 0 Å². The van der Waals surface area contributed by atoms with Gasteiger partial charge in [0.15, 0.2) is 0 Å². The van der Waals surface area contributed by atoms with E-state index in [1.54, 1.807) is 0 Å². The smallest absolute Gasteiger partial charge is 0.242 e. The van der Waals surface area contributed by atoms with Gasteiger partial charge in [-0.3, -0.25) is 4.79 Å². The number of carbonyl (C=O) groups is 1. The Bertz CT molecular complexity index is 543. The molecule has 0 atom stereocenters. The van der Waals surface area contributed by atoms with Crippen molar-refractivity contribution in [3.05, 3.63) is 23.2 Å². The second kappa shape index (κ2) is 7.86. The Labute approximate surface area is 141 Å². The number of amides is 1. The molecule has 126 valence electrons. The Morgan fingerprint density at radius 3 is 2.43 bits per heavy atom. The van der Waals surface area contributed by atoms with Crippen LogP contribution in [0.3, 0.4) is 0 Å². The molecule has 0 saturated carbocycles. The van der Waals surface area contributed by atoms with Crippen LogP contribution in [0, 0.1) is 0 Å². The topological polar surface area (TPSA) is 54.0 Å². The lowest BCUT2D eigenvalue weighted by molar-refractivity contribution is -0.133. The SMILES string of the molecule is O=C(CNc1cc(Cl)ccc1N1CCOCC1)N1CCOCC1. The summed E-state index contributed by atoms with van der Waals surface area (Å²) in [6.45, 7) is 5.92. The summed E-state index contributed by atoms with van der Waals surface area (Å²) in [7, 11) is 0. The minimum absolute atomic E-state index is 0.0844. The third-order valence-electron chi connectivity index (χ3n) is 4.10. The van der Waals surface area contributed by atoms with Gasteiger partial charge >= 0.3 is 0 Å². The average Bonchev–Trinajstić information content (AvgIpc) is 2.61. The van der Waals surface area contributed by atoms with Gasteiger partial charge in [-0.2, -0.15) is 0 Å². The molecule has 1 amide bonds. The van der Waals surface area contributed by atoms with Crippen molar-refractivity contribution in [2.24, 2.45) is 0 Å². The van der Waals surface area contributed by atoms with Gasteiger partial charge in [-0.15, -0.1) is 0 Å². The number of anilines is 2. The number of morpholine rings is 2. The first-order valence-corrected chi connectivity index (χ1v) is 8.33. The van der Waals surface area contributed by atoms with E-state index >= 15 is 0 Å². The molecular weight excluding hydrogens is 318 g/mol. The lowest BCUT2D eigenvalue weighted by atomic mass is 10.2.